The third-order valence-corrected chi connectivity index (χ3v) is 3.55. The van der Waals surface area contributed by atoms with E-state index in [-0.39, 0.29) is 0 Å². The number of hydrogen-bond donors (Lipinski definition) is 1. The first-order valence-electron chi connectivity index (χ1n) is 4.93. The number of H-pyrrole nitrogens is 1. The van der Waals surface area contributed by atoms with E-state index in [4.69, 9.17) is 0 Å². The van der Waals surface area contributed by atoms with Crippen molar-refractivity contribution >= 4 is 20.7 Å². The quantitative estimate of drug-likeness (QED) is 0.830. The highest BCUT2D eigenvalue weighted by Gasteiger charge is 2.08. The smallest absolute Gasteiger partial charge is 0.175 e. The van der Waals surface area contributed by atoms with Gasteiger partial charge in [-0.15, -0.1) is 6.58 Å². The van der Waals surface area contributed by atoms with Crippen LogP contribution in [0.25, 0.3) is 10.9 Å². The molecule has 0 saturated carbocycles. The molecule has 2 rings (SSSR count). The Morgan fingerprint density at radius 2 is 2.12 bits per heavy atom. The average molecular weight is 235 g/mol. The Labute approximate surface area is 94.7 Å². The van der Waals surface area contributed by atoms with Crippen LogP contribution in [0.3, 0.4) is 0 Å². The van der Waals surface area contributed by atoms with E-state index >= 15 is 0 Å². The van der Waals surface area contributed by atoms with Gasteiger partial charge in [0.2, 0.25) is 0 Å². The lowest BCUT2D eigenvalue weighted by Gasteiger charge is -1.97. The first kappa shape index (κ1) is 11.0. The molecule has 84 valence electrons. The fourth-order valence-electron chi connectivity index (χ4n) is 1.67. The van der Waals surface area contributed by atoms with Gasteiger partial charge in [0.15, 0.2) is 9.84 Å². The minimum Gasteiger partial charge on any atom is -0.358 e. The first-order valence-corrected chi connectivity index (χ1v) is 6.82. The zero-order valence-corrected chi connectivity index (χ0v) is 9.84. The van der Waals surface area contributed by atoms with E-state index in [2.05, 4.69) is 11.6 Å². The molecule has 3 nitrogen and oxygen atoms in total. The van der Waals surface area contributed by atoms with E-state index in [1.54, 1.807) is 18.2 Å². The number of hydrogen-bond acceptors (Lipinski definition) is 2. The second-order valence-electron chi connectivity index (χ2n) is 3.81. The number of rotatable bonds is 3. The number of benzene rings is 1. The first-order chi connectivity index (χ1) is 7.50. The van der Waals surface area contributed by atoms with Gasteiger partial charge in [-0.2, -0.15) is 0 Å². The maximum Gasteiger partial charge on any atom is 0.175 e. The van der Waals surface area contributed by atoms with Crippen LogP contribution in [0, 0.1) is 0 Å². The van der Waals surface area contributed by atoms with E-state index in [1.807, 2.05) is 12.1 Å². The molecule has 1 N–H and O–H groups in total. The summed E-state index contributed by atoms with van der Waals surface area (Å²) in [6.45, 7) is 3.67. The van der Waals surface area contributed by atoms with Crippen molar-refractivity contribution in [2.75, 3.05) is 6.26 Å². The molecule has 0 amide bonds. The summed E-state index contributed by atoms with van der Waals surface area (Å²) in [6.07, 6.45) is 3.77. The highest BCUT2D eigenvalue weighted by molar-refractivity contribution is 7.90. The van der Waals surface area contributed by atoms with Crippen molar-refractivity contribution in [1.29, 1.82) is 0 Å². The van der Waals surface area contributed by atoms with Gasteiger partial charge in [0.1, 0.15) is 0 Å². The summed E-state index contributed by atoms with van der Waals surface area (Å²) in [6, 6.07) is 7.05. The zero-order chi connectivity index (χ0) is 11.8. The standard InChI is InChI=1S/C12H13NO2S/c1-3-4-10-7-9-8-11(16(2,14)15)5-6-12(9)13-10/h3,5-8,13H,1,4H2,2H3. The Morgan fingerprint density at radius 3 is 2.75 bits per heavy atom. The van der Waals surface area contributed by atoms with Crippen LogP contribution in [0.1, 0.15) is 5.69 Å². The van der Waals surface area contributed by atoms with E-state index in [9.17, 15) is 8.42 Å². The molecule has 2 aromatic rings. The molecule has 0 fully saturated rings. The van der Waals surface area contributed by atoms with Crippen molar-refractivity contribution in [2.24, 2.45) is 0 Å². The second-order valence-corrected chi connectivity index (χ2v) is 5.82. The zero-order valence-electron chi connectivity index (χ0n) is 9.03. The summed E-state index contributed by atoms with van der Waals surface area (Å²) in [5, 5.41) is 0.916. The summed E-state index contributed by atoms with van der Waals surface area (Å²) in [5.41, 5.74) is 1.99. The number of nitrogens with one attached hydrogen (secondary N) is 1. The highest BCUT2D eigenvalue weighted by Crippen LogP contribution is 2.20. The summed E-state index contributed by atoms with van der Waals surface area (Å²) in [7, 11) is -3.13. The average Bonchev–Trinajstić information content (AvgIpc) is 2.57. The van der Waals surface area contributed by atoms with Crippen LogP contribution in [-0.4, -0.2) is 19.7 Å². The molecule has 0 spiro atoms. The van der Waals surface area contributed by atoms with Crippen molar-refractivity contribution < 1.29 is 8.42 Å². The number of allylic oxidation sites excluding steroid dienone is 1. The molecule has 0 bridgehead atoms. The minimum atomic E-state index is -3.13. The molecule has 0 aliphatic heterocycles. The van der Waals surface area contributed by atoms with Gasteiger partial charge in [0, 0.05) is 29.3 Å². The summed E-state index contributed by atoms with van der Waals surface area (Å²) >= 11 is 0. The van der Waals surface area contributed by atoms with Gasteiger partial charge in [0.25, 0.3) is 0 Å². The molecule has 0 aliphatic carbocycles. The van der Waals surface area contributed by atoms with Crippen molar-refractivity contribution in [3.05, 3.63) is 42.6 Å². The Hall–Kier alpha value is -1.55. The van der Waals surface area contributed by atoms with Crippen molar-refractivity contribution in [3.63, 3.8) is 0 Å². The summed E-state index contributed by atoms with van der Waals surface area (Å²) in [4.78, 5) is 3.56. The predicted molar refractivity (Wildman–Crippen MR) is 65.3 cm³/mol. The second kappa shape index (κ2) is 3.79. The lowest BCUT2D eigenvalue weighted by molar-refractivity contribution is 0.602. The molecule has 0 aliphatic rings. The van der Waals surface area contributed by atoms with Gasteiger partial charge >= 0.3 is 0 Å². The molecule has 16 heavy (non-hydrogen) atoms. The van der Waals surface area contributed by atoms with Crippen molar-refractivity contribution in [2.45, 2.75) is 11.3 Å². The molecule has 4 heteroatoms. The number of sulfone groups is 1. The highest BCUT2D eigenvalue weighted by atomic mass is 32.2. The van der Waals surface area contributed by atoms with E-state index in [0.29, 0.717) is 4.90 Å². The number of fused-ring (bicyclic) bond motifs is 1. The minimum absolute atomic E-state index is 0.351. The van der Waals surface area contributed by atoms with Crippen LogP contribution in [0.4, 0.5) is 0 Å². The van der Waals surface area contributed by atoms with Gasteiger partial charge in [-0.3, -0.25) is 0 Å². The van der Waals surface area contributed by atoms with E-state index in [1.165, 1.54) is 6.26 Å². The molecule has 1 aromatic carbocycles. The Kier molecular flexibility index (Phi) is 2.59. The van der Waals surface area contributed by atoms with Gasteiger partial charge in [-0.25, -0.2) is 8.42 Å². The molecule has 0 unspecified atom stereocenters. The van der Waals surface area contributed by atoms with Gasteiger partial charge in [0.05, 0.1) is 4.90 Å². The van der Waals surface area contributed by atoms with E-state index in [0.717, 1.165) is 23.0 Å². The third kappa shape index (κ3) is 2.02. The largest absolute Gasteiger partial charge is 0.358 e. The molecule has 0 saturated heterocycles. The van der Waals surface area contributed by atoms with Crippen molar-refractivity contribution in [1.82, 2.24) is 4.98 Å². The van der Waals surface area contributed by atoms with Gasteiger partial charge < -0.3 is 4.98 Å². The van der Waals surface area contributed by atoms with Gasteiger partial charge in [-0.05, 0) is 24.3 Å². The molecule has 0 radical (unpaired) electrons. The van der Waals surface area contributed by atoms with Crippen LogP contribution < -0.4 is 0 Å². The molecule has 1 heterocycles. The van der Waals surface area contributed by atoms with Crippen LogP contribution in [-0.2, 0) is 16.3 Å². The SMILES string of the molecule is C=CCc1cc2cc(S(C)(=O)=O)ccc2[nH]1. The Balaban J connectivity index is 2.58. The van der Waals surface area contributed by atoms with Crippen LogP contribution >= 0.6 is 0 Å². The fraction of sp³-hybridized carbons (Fsp3) is 0.167. The topological polar surface area (TPSA) is 49.9 Å². The molecular weight excluding hydrogens is 222 g/mol. The molecule has 0 atom stereocenters. The molecular formula is C12H13NO2S. The predicted octanol–water partition coefficient (Wildman–Crippen LogP) is 2.30. The normalized spacial score (nSPS) is 11.8. The summed E-state index contributed by atoms with van der Waals surface area (Å²) in [5.74, 6) is 0. The molecule has 1 aromatic heterocycles. The van der Waals surface area contributed by atoms with E-state index < -0.39 is 9.84 Å². The van der Waals surface area contributed by atoms with Crippen molar-refractivity contribution in [3.8, 4) is 0 Å². The van der Waals surface area contributed by atoms with Crippen LogP contribution in [0.5, 0.6) is 0 Å². The third-order valence-electron chi connectivity index (χ3n) is 2.44. The Bertz CT molecular complexity index is 638. The fourth-order valence-corrected chi connectivity index (χ4v) is 2.32. The lowest BCUT2D eigenvalue weighted by atomic mass is 10.2. The number of aromatic nitrogens is 1. The maximum atomic E-state index is 11.4. The van der Waals surface area contributed by atoms with Crippen LogP contribution in [0.2, 0.25) is 0 Å². The maximum absolute atomic E-state index is 11.4. The number of aromatic amines is 1. The monoisotopic (exact) mass is 235 g/mol. The van der Waals surface area contributed by atoms with Crippen LogP contribution in [0.15, 0.2) is 41.8 Å². The van der Waals surface area contributed by atoms with Gasteiger partial charge in [-0.1, -0.05) is 6.08 Å². The Morgan fingerprint density at radius 1 is 1.38 bits per heavy atom. The summed E-state index contributed by atoms with van der Waals surface area (Å²) < 4.78 is 22.8. The lowest BCUT2D eigenvalue weighted by Crippen LogP contribution is -1.95.